The highest BCUT2D eigenvalue weighted by molar-refractivity contribution is 7.18. The van der Waals surface area contributed by atoms with Gasteiger partial charge >= 0.3 is 0 Å². The fourth-order valence-corrected chi connectivity index (χ4v) is 3.88. The van der Waals surface area contributed by atoms with Gasteiger partial charge in [-0.1, -0.05) is 0 Å². The maximum atomic E-state index is 12.7. The van der Waals surface area contributed by atoms with Crippen LogP contribution in [-0.4, -0.2) is 19.3 Å². The zero-order valence-corrected chi connectivity index (χ0v) is 12.7. The Morgan fingerprint density at radius 3 is 3.05 bits per heavy atom. The van der Waals surface area contributed by atoms with Crippen LogP contribution in [0.5, 0.6) is 0 Å². The number of nitrogens with one attached hydrogen (secondary N) is 1. The second kappa shape index (κ2) is 4.51. The third-order valence-electron chi connectivity index (χ3n) is 3.95. The van der Waals surface area contributed by atoms with Crippen molar-refractivity contribution in [1.82, 2.24) is 24.6 Å². The second-order valence-electron chi connectivity index (χ2n) is 5.37. The first-order valence-electron chi connectivity index (χ1n) is 6.83. The van der Waals surface area contributed by atoms with Crippen molar-refractivity contribution in [2.24, 2.45) is 7.05 Å². The number of aryl methyl sites for hydroxylation is 2. The highest BCUT2D eigenvalue weighted by atomic mass is 32.1. The molecule has 0 radical (unpaired) electrons. The summed E-state index contributed by atoms with van der Waals surface area (Å²) in [7, 11) is 1.90. The fraction of sp³-hybridized carbons (Fsp3) is 0.357. The average Bonchev–Trinajstić information content (AvgIpc) is 3.08. The Balaban J connectivity index is 1.82. The predicted molar refractivity (Wildman–Crippen MR) is 81.5 cm³/mol. The normalized spacial score (nSPS) is 14.0. The molecule has 0 spiro atoms. The van der Waals surface area contributed by atoms with Crippen LogP contribution >= 0.6 is 11.3 Å². The van der Waals surface area contributed by atoms with Crippen LogP contribution < -0.4 is 10.9 Å². The van der Waals surface area contributed by atoms with E-state index < -0.39 is 0 Å². The summed E-state index contributed by atoms with van der Waals surface area (Å²) in [6.45, 7) is 4.06. The van der Waals surface area contributed by atoms with Crippen molar-refractivity contribution in [2.75, 3.05) is 0 Å². The van der Waals surface area contributed by atoms with Crippen molar-refractivity contribution in [3.8, 4) is 0 Å². The van der Waals surface area contributed by atoms with E-state index in [0.29, 0.717) is 6.54 Å². The van der Waals surface area contributed by atoms with E-state index >= 15 is 0 Å². The molecule has 4 heterocycles. The zero-order chi connectivity index (χ0) is 14.6. The summed E-state index contributed by atoms with van der Waals surface area (Å²) in [5.74, 6) is 0. The largest absolute Gasteiger partial charge is 0.308 e. The topological polar surface area (TPSA) is 64.7 Å². The Morgan fingerprint density at radius 1 is 1.43 bits per heavy atom. The van der Waals surface area contributed by atoms with E-state index in [1.54, 1.807) is 22.2 Å². The quantitative estimate of drug-likeness (QED) is 0.771. The predicted octanol–water partition coefficient (Wildman–Crippen LogP) is 1.15. The van der Waals surface area contributed by atoms with Gasteiger partial charge in [0.05, 0.1) is 24.0 Å². The van der Waals surface area contributed by atoms with Gasteiger partial charge in [-0.25, -0.2) is 4.98 Å². The summed E-state index contributed by atoms with van der Waals surface area (Å²) in [5, 5.41) is 8.47. The Morgan fingerprint density at radius 2 is 2.29 bits per heavy atom. The molecule has 4 rings (SSSR count). The van der Waals surface area contributed by atoms with Crippen molar-refractivity contribution in [3.63, 3.8) is 0 Å². The van der Waals surface area contributed by atoms with Gasteiger partial charge < -0.3 is 5.32 Å². The lowest BCUT2D eigenvalue weighted by atomic mass is 10.2. The lowest BCUT2D eigenvalue weighted by molar-refractivity contribution is 0.679. The van der Waals surface area contributed by atoms with Gasteiger partial charge in [-0.05, 0) is 18.6 Å². The SMILES string of the molecule is Cc1cc(Cn2cnc3sc4c(c3c2=O)CNC4)nn1C. The molecule has 0 fully saturated rings. The van der Waals surface area contributed by atoms with Crippen molar-refractivity contribution < 1.29 is 0 Å². The van der Waals surface area contributed by atoms with E-state index in [1.165, 1.54) is 4.88 Å². The Hall–Kier alpha value is -1.99. The maximum Gasteiger partial charge on any atom is 0.262 e. The number of aromatic nitrogens is 4. The van der Waals surface area contributed by atoms with Crippen molar-refractivity contribution in [1.29, 1.82) is 0 Å². The van der Waals surface area contributed by atoms with Gasteiger partial charge in [-0.2, -0.15) is 5.10 Å². The summed E-state index contributed by atoms with van der Waals surface area (Å²) in [4.78, 5) is 19.2. The number of thiophene rings is 1. The molecule has 1 aliphatic heterocycles. The first-order valence-corrected chi connectivity index (χ1v) is 7.65. The van der Waals surface area contributed by atoms with E-state index in [4.69, 9.17) is 0 Å². The molecule has 0 saturated heterocycles. The molecule has 21 heavy (non-hydrogen) atoms. The molecule has 0 bridgehead atoms. The van der Waals surface area contributed by atoms with Crippen molar-refractivity contribution in [2.45, 2.75) is 26.6 Å². The van der Waals surface area contributed by atoms with Crippen LogP contribution in [0.1, 0.15) is 21.8 Å². The van der Waals surface area contributed by atoms with E-state index in [2.05, 4.69) is 15.4 Å². The molecule has 1 N–H and O–H groups in total. The minimum absolute atomic E-state index is 0.0320. The number of nitrogens with zero attached hydrogens (tertiary/aromatic N) is 4. The van der Waals surface area contributed by atoms with E-state index in [9.17, 15) is 4.79 Å². The molecule has 3 aromatic heterocycles. The third kappa shape index (κ3) is 1.92. The first-order chi connectivity index (χ1) is 10.1. The molecule has 3 aromatic rings. The molecular formula is C14H15N5OS. The summed E-state index contributed by atoms with van der Waals surface area (Å²) in [6.07, 6.45) is 1.63. The molecule has 0 aliphatic carbocycles. The second-order valence-corrected chi connectivity index (χ2v) is 6.45. The summed E-state index contributed by atoms with van der Waals surface area (Å²) >= 11 is 1.62. The van der Waals surface area contributed by atoms with Gasteiger partial charge in [0.2, 0.25) is 0 Å². The molecule has 108 valence electrons. The van der Waals surface area contributed by atoms with Crippen LogP contribution in [0, 0.1) is 6.92 Å². The van der Waals surface area contributed by atoms with E-state index in [1.807, 2.05) is 24.7 Å². The standard InChI is InChI=1S/C14H15N5OS/c1-8-3-9(17-18(8)2)6-19-7-16-13-12(14(19)20)10-4-15-5-11(10)21-13/h3,7,15H,4-6H2,1-2H3. The number of rotatable bonds is 2. The fourth-order valence-electron chi connectivity index (χ4n) is 2.76. The van der Waals surface area contributed by atoms with Crippen molar-refractivity contribution in [3.05, 3.63) is 44.6 Å². The van der Waals surface area contributed by atoms with E-state index in [0.717, 1.165) is 40.3 Å². The molecule has 1 aliphatic rings. The highest BCUT2D eigenvalue weighted by Crippen LogP contribution is 2.30. The van der Waals surface area contributed by atoms with Crippen LogP contribution in [0.15, 0.2) is 17.2 Å². The van der Waals surface area contributed by atoms with Gasteiger partial charge in [0, 0.05) is 30.7 Å². The monoisotopic (exact) mass is 301 g/mol. The molecule has 7 heteroatoms. The van der Waals surface area contributed by atoms with Gasteiger partial charge in [0.25, 0.3) is 5.56 Å². The number of hydrogen-bond acceptors (Lipinski definition) is 5. The molecule has 0 aromatic carbocycles. The van der Waals surface area contributed by atoms with Crippen molar-refractivity contribution >= 4 is 21.6 Å². The molecule has 0 unspecified atom stereocenters. The molecule has 6 nitrogen and oxygen atoms in total. The zero-order valence-electron chi connectivity index (χ0n) is 11.9. The minimum Gasteiger partial charge on any atom is -0.308 e. The Labute approximate surface area is 125 Å². The number of fused-ring (bicyclic) bond motifs is 3. The van der Waals surface area contributed by atoms with Crippen LogP contribution in [0.4, 0.5) is 0 Å². The molecular weight excluding hydrogens is 286 g/mol. The maximum absolute atomic E-state index is 12.7. The first kappa shape index (κ1) is 12.7. The minimum atomic E-state index is 0.0320. The van der Waals surface area contributed by atoms with Crippen LogP contribution in [-0.2, 0) is 26.7 Å². The third-order valence-corrected chi connectivity index (χ3v) is 5.09. The van der Waals surface area contributed by atoms with Crippen LogP contribution in [0.2, 0.25) is 0 Å². The molecule has 0 saturated carbocycles. The van der Waals surface area contributed by atoms with Gasteiger partial charge in [-0.15, -0.1) is 11.3 Å². The van der Waals surface area contributed by atoms with Crippen LogP contribution in [0.3, 0.4) is 0 Å². The van der Waals surface area contributed by atoms with E-state index in [-0.39, 0.29) is 5.56 Å². The molecule has 0 atom stereocenters. The van der Waals surface area contributed by atoms with Gasteiger partial charge in [-0.3, -0.25) is 14.0 Å². The summed E-state index contributed by atoms with van der Waals surface area (Å²) in [6, 6.07) is 2.00. The van der Waals surface area contributed by atoms with Crippen LogP contribution in [0.25, 0.3) is 10.2 Å². The number of hydrogen-bond donors (Lipinski definition) is 1. The smallest absolute Gasteiger partial charge is 0.262 e. The van der Waals surface area contributed by atoms with Gasteiger partial charge in [0.1, 0.15) is 4.83 Å². The molecule has 0 amide bonds. The highest BCUT2D eigenvalue weighted by Gasteiger charge is 2.21. The summed E-state index contributed by atoms with van der Waals surface area (Å²) < 4.78 is 3.47. The lowest BCUT2D eigenvalue weighted by Gasteiger charge is -2.03. The van der Waals surface area contributed by atoms with Gasteiger partial charge in [0.15, 0.2) is 0 Å². The average molecular weight is 301 g/mol. The lowest BCUT2D eigenvalue weighted by Crippen LogP contribution is -2.21. The Bertz CT molecular complexity index is 885. The Kier molecular flexibility index (Phi) is 2.73. The summed E-state index contributed by atoms with van der Waals surface area (Å²) in [5.41, 5.74) is 3.11.